The van der Waals surface area contributed by atoms with Crippen molar-refractivity contribution >= 4 is 11.8 Å². The maximum Gasteiger partial charge on any atom is 0.274 e. The van der Waals surface area contributed by atoms with Gasteiger partial charge in [0.15, 0.2) is 0 Å². The average Bonchev–Trinajstić information content (AvgIpc) is 3.21. The molecule has 2 aliphatic rings. The van der Waals surface area contributed by atoms with Crippen LogP contribution in [0.2, 0.25) is 0 Å². The fraction of sp³-hybridized carbons (Fsp3) is 0.524. The van der Waals surface area contributed by atoms with Crippen LogP contribution in [-0.4, -0.2) is 56.0 Å². The van der Waals surface area contributed by atoms with Crippen LogP contribution in [-0.2, 0) is 17.9 Å². The molecule has 2 amide bonds. The molecule has 2 aliphatic heterocycles. The molecular weight excluding hydrogens is 354 g/mol. The third kappa shape index (κ3) is 3.79. The molecule has 0 unspecified atom stereocenters. The first-order valence-electron chi connectivity index (χ1n) is 10.1. The van der Waals surface area contributed by atoms with Gasteiger partial charge in [-0.15, -0.1) is 0 Å². The molecule has 0 N–H and O–H groups in total. The predicted octanol–water partition coefficient (Wildman–Crippen LogP) is 2.34. The Labute approximate surface area is 165 Å². The van der Waals surface area contributed by atoms with Crippen molar-refractivity contribution in [1.29, 1.82) is 0 Å². The van der Waals surface area contributed by atoms with Crippen LogP contribution in [0.3, 0.4) is 0 Å². The number of aromatic nitrogens is 3. The Morgan fingerprint density at radius 3 is 2.71 bits per heavy atom. The van der Waals surface area contributed by atoms with E-state index in [0.717, 1.165) is 51.0 Å². The zero-order valence-corrected chi connectivity index (χ0v) is 16.4. The minimum absolute atomic E-state index is 0.0150. The number of piperidine rings is 2. The Morgan fingerprint density at radius 1 is 1.21 bits per heavy atom. The Balaban J connectivity index is 1.38. The zero-order chi connectivity index (χ0) is 19.6. The second-order valence-electron chi connectivity index (χ2n) is 7.96. The number of pyridine rings is 1. The van der Waals surface area contributed by atoms with E-state index in [1.807, 2.05) is 41.2 Å². The van der Waals surface area contributed by atoms with Gasteiger partial charge in [-0.3, -0.25) is 19.3 Å². The molecular formula is C21H27N5O2. The number of aryl methyl sites for hydroxylation is 1. The van der Waals surface area contributed by atoms with Gasteiger partial charge in [-0.25, -0.2) is 0 Å². The molecule has 0 aromatic carbocycles. The fourth-order valence-electron chi connectivity index (χ4n) is 4.36. The highest BCUT2D eigenvalue weighted by atomic mass is 16.2. The monoisotopic (exact) mass is 381 g/mol. The first kappa shape index (κ1) is 18.7. The predicted molar refractivity (Wildman–Crippen MR) is 104 cm³/mol. The van der Waals surface area contributed by atoms with Crippen LogP contribution in [0.5, 0.6) is 0 Å². The van der Waals surface area contributed by atoms with E-state index in [9.17, 15) is 9.59 Å². The Morgan fingerprint density at radius 2 is 2.04 bits per heavy atom. The van der Waals surface area contributed by atoms with Gasteiger partial charge < -0.3 is 9.80 Å². The number of likely N-dealkylation sites (tertiary alicyclic amines) is 2. The number of carbonyl (C=O) groups is 2. The van der Waals surface area contributed by atoms with E-state index in [-0.39, 0.29) is 17.2 Å². The third-order valence-electron chi connectivity index (χ3n) is 6.14. The SMILES string of the molecule is CCn1ccc(C(=O)N2CCC3(CCC(=O)N(Cc4cccnc4)C3)CC2)n1. The molecule has 0 atom stereocenters. The molecule has 7 heteroatoms. The molecule has 2 aromatic rings. The molecule has 7 nitrogen and oxygen atoms in total. The highest BCUT2D eigenvalue weighted by Crippen LogP contribution is 2.40. The van der Waals surface area contributed by atoms with Gasteiger partial charge in [-0.05, 0) is 49.3 Å². The molecule has 0 aliphatic carbocycles. The average molecular weight is 381 g/mol. The van der Waals surface area contributed by atoms with E-state index >= 15 is 0 Å². The van der Waals surface area contributed by atoms with Crippen molar-refractivity contribution in [2.24, 2.45) is 5.41 Å². The van der Waals surface area contributed by atoms with Crippen molar-refractivity contribution < 1.29 is 9.59 Å². The van der Waals surface area contributed by atoms with Crippen LogP contribution >= 0.6 is 0 Å². The van der Waals surface area contributed by atoms with E-state index in [1.54, 1.807) is 16.9 Å². The number of nitrogens with zero attached hydrogens (tertiary/aromatic N) is 5. The topological polar surface area (TPSA) is 71.3 Å². The smallest absolute Gasteiger partial charge is 0.274 e. The summed E-state index contributed by atoms with van der Waals surface area (Å²) in [5.41, 5.74) is 1.71. The van der Waals surface area contributed by atoms with Gasteiger partial charge in [-0.2, -0.15) is 5.10 Å². The van der Waals surface area contributed by atoms with Gasteiger partial charge in [0.2, 0.25) is 5.91 Å². The summed E-state index contributed by atoms with van der Waals surface area (Å²) < 4.78 is 1.78. The second kappa shape index (κ2) is 7.73. The lowest BCUT2D eigenvalue weighted by atomic mass is 9.72. The largest absolute Gasteiger partial charge is 0.338 e. The number of amides is 2. The zero-order valence-electron chi connectivity index (χ0n) is 16.4. The molecule has 0 bridgehead atoms. The molecule has 2 saturated heterocycles. The maximum absolute atomic E-state index is 12.7. The summed E-state index contributed by atoms with van der Waals surface area (Å²) in [6.45, 7) is 5.61. The van der Waals surface area contributed by atoms with Gasteiger partial charge in [0.25, 0.3) is 5.91 Å². The van der Waals surface area contributed by atoms with Crippen LogP contribution in [0.1, 0.15) is 48.7 Å². The van der Waals surface area contributed by atoms with E-state index in [1.165, 1.54) is 0 Å². The van der Waals surface area contributed by atoms with Crippen LogP contribution in [0, 0.1) is 5.41 Å². The van der Waals surface area contributed by atoms with E-state index in [4.69, 9.17) is 0 Å². The first-order valence-corrected chi connectivity index (χ1v) is 10.1. The van der Waals surface area contributed by atoms with E-state index in [0.29, 0.717) is 18.7 Å². The lowest BCUT2D eigenvalue weighted by Gasteiger charge is -2.47. The van der Waals surface area contributed by atoms with Gasteiger partial charge >= 0.3 is 0 Å². The van der Waals surface area contributed by atoms with Crippen molar-refractivity contribution in [3.8, 4) is 0 Å². The van der Waals surface area contributed by atoms with Crippen molar-refractivity contribution in [1.82, 2.24) is 24.6 Å². The third-order valence-corrected chi connectivity index (χ3v) is 6.14. The van der Waals surface area contributed by atoms with Gasteiger partial charge in [0.05, 0.1) is 0 Å². The summed E-state index contributed by atoms with van der Waals surface area (Å²) in [7, 11) is 0. The first-order chi connectivity index (χ1) is 13.6. The number of carbonyl (C=O) groups excluding carboxylic acids is 2. The lowest BCUT2D eigenvalue weighted by molar-refractivity contribution is -0.139. The lowest BCUT2D eigenvalue weighted by Crippen LogP contribution is -2.52. The summed E-state index contributed by atoms with van der Waals surface area (Å²) in [5, 5.41) is 4.34. The van der Waals surface area contributed by atoms with Crippen LogP contribution in [0.25, 0.3) is 0 Å². The molecule has 0 saturated carbocycles. The number of rotatable bonds is 4. The normalized spacial score (nSPS) is 19.2. The minimum atomic E-state index is 0.0150. The van der Waals surface area contributed by atoms with Crippen molar-refractivity contribution in [2.45, 2.75) is 45.7 Å². The van der Waals surface area contributed by atoms with Crippen molar-refractivity contribution in [2.75, 3.05) is 19.6 Å². The van der Waals surface area contributed by atoms with Gasteiger partial charge in [0.1, 0.15) is 5.69 Å². The number of hydrogen-bond acceptors (Lipinski definition) is 4. The minimum Gasteiger partial charge on any atom is -0.338 e. The molecule has 4 heterocycles. The fourth-order valence-corrected chi connectivity index (χ4v) is 4.36. The maximum atomic E-state index is 12.7. The molecule has 0 radical (unpaired) electrons. The van der Waals surface area contributed by atoms with Gasteiger partial charge in [0, 0.05) is 57.7 Å². The summed E-state index contributed by atoms with van der Waals surface area (Å²) in [5.74, 6) is 0.235. The second-order valence-corrected chi connectivity index (χ2v) is 7.96. The van der Waals surface area contributed by atoms with Crippen molar-refractivity contribution in [3.63, 3.8) is 0 Å². The summed E-state index contributed by atoms with van der Waals surface area (Å²) >= 11 is 0. The number of hydrogen-bond donors (Lipinski definition) is 0. The molecule has 2 aromatic heterocycles. The molecule has 4 rings (SSSR count). The highest BCUT2D eigenvalue weighted by Gasteiger charge is 2.41. The quantitative estimate of drug-likeness (QED) is 0.815. The summed E-state index contributed by atoms with van der Waals surface area (Å²) in [6, 6.07) is 5.72. The van der Waals surface area contributed by atoms with E-state index < -0.39 is 0 Å². The van der Waals surface area contributed by atoms with Crippen LogP contribution in [0.4, 0.5) is 0 Å². The highest BCUT2D eigenvalue weighted by molar-refractivity contribution is 5.92. The summed E-state index contributed by atoms with van der Waals surface area (Å²) in [4.78, 5) is 33.2. The van der Waals surface area contributed by atoms with Gasteiger partial charge in [-0.1, -0.05) is 6.07 Å². The Bertz CT molecular complexity index is 839. The Hall–Kier alpha value is -2.70. The van der Waals surface area contributed by atoms with Crippen LogP contribution in [0.15, 0.2) is 36.8 Å². The molecule has 28 heavy (non-hydrogen) atoms. The Kier molecular flexibility index (Phi) is 5.15. The molecule has 2 fully saturated rings. The standard InChI is InChI=1S/C21H27N5O2/c1-2-26-11-6-18(23-26)20(28)24-12-8-21(9-13-24)7-5-19(27)25(16-21)15-17-4-3-10-22-14-17/h3-4,6,10-11,14H,2,5,7-9,12-13,15-16H2,1H3. The summed E-state index contributed by atoms with van der Waals surface area (Å²) in [6.07, 6.45) is 8.80. The van der Waals surface area contributed by atoms with E-state index in [2.05, 4.69) is 10.1 Å². The molecule has 1 spiro atoms. The molecule has 148 valence electrons. The van der Waals surface area contributed by atoms with Crippen molar-refractivity contribution in [3.05, 3.63) is 48.0 Å². The van der Waals surface area contributed by atoms with Crippen LogP contribution < -0.4 is 0 Å².